The molecule has 3 rings (SSSR count). The molecule has 2 aromatic rings. The number of carbonyl (C=O) groups excluding carboxylic acids is 2. The SMILES string of the molecule is O=C(CSC1NCC(S(=O)(=O)c2ccc(Br)cc2)C(=O)N1)Nc1ccc(Cl)cc1. The van der Waals surface area contributed by atoms with E-state index in [2.05, 4.69) is 31.9 Å². The van der Waals surface area contributed by atoms with Crippen LogP contribution in [0, 0.1) is 0 Å². The Morgan fingerprint density at radius 2 is 1.83 bits per heavy atom. The van der Waals surface area contributed by atoms with Gasteiger partial charge in [-0.2, -0.15) is 0 Å². The van der Waals surface area contributed by atoms with Gasteiger partial charge in [-0.3, -0.25) is 14.9 Å². The number of benzene rings is 2. The normalized spacial score (nSPS) is 19.4. The van der Waals surface area contributed by atoms with Crippen molar-refractivity contribution in [1.82, 2.24) is 10.6 Å². The number of hydrogen-bond donors (Lipinski definition) is 3. The number of anilines is 1. The van der Waals surface area contributed by atoms with Crippen LogP contribution >= 0.6 is 39.3 Å². The van der Waals surface area contributed by atoms with Gasteiger partial charge in [-0.25, -0.2) is 8.42 Å². The number of thioether (sulfide) groups is 1. The quantitative estimate of drug-likeness (QED) is 0.543. The molecule has 29 heavy (non-hydrogen) atoms. The van der Waals surface area contributed by atoms with Crippen LogP contribution in [-0.4, -0.2) is 43.3 Å². The summed E-state index contributed by atoms with van der Waals surface area (Å²) < 4.78 is 26.2. The first-order valence-corrected chi connectivity index (χ1v) is 12.2. The molecule has 1 aliphatic rings. The van der Waals surface area contributed by atoms with Gasteiger partial charge in [0.25, 0.3) is 0 Å². The summed E-state index contributed by atoms with van der Waals surface area (Å²) in [4.78, 5) is 24.5. The zero-order chi connectivity index (χ0) is 21.0. The predicted molar refractivity (Wildman–Crippen MR) is 118 cm³/mol. The van der Waals surface area contributed by atoms with Crippen molar-refractivity contribution >= 4 is 66.6 Å². The molecule has 0 saturated carbocycles. The molecule has 7 nitrogen and oxygen atoms in total. The molecular formula is C18H17BrClN3O4S2. The van der Waals surface area contributed by atoms with Crippen molar-refractivity contribution in [2.45, 2.75) is 15.6 Å². The highest BCUT2D eigenvalue weighted by molar-refractivity contribution is 9.10. The second kappa shape index (κ2) is 9.48. The van der Waals surface area contributed by atoms with Crippen molar-refractivity contribution in [1.29, 1.82) is 0 Å². The molecule has 11 heteroatoms. The Morgan fingerprint density at radius 1 is 1.17 bits per heavy atom. The summed E-state index contributed by atoms with van der Waals surface area (Å²) in [5.74, 6) is -0.773. The zero-order valence-corrected chi connectivity index (χ0v) is 18.9. The maximum absolute atomic E-state index is 12.7. The molecule has 2 amide bonds. The van der Waals surface area contributed by atoms with E-state index in [-0.39, 0.29) is 23.1 Å². The van der Waals surface area contributed by atoms with Crippen LogP contribution < -0.4 is 16.0 Å². The fourth-order valence-corrected chi connectivity index (χ4v) is 5.31. The van der Waals surface area contributed by atoms with Crippen LogP contribution in [0.3, 0.4) is 0 Å². The Labute approximate surface area is 186 Å². The number of nitrogens with one attached hydrogen (secondary N) is 3. The Hall–Kier alpha value is -1.59. The van der Waals surface area contributed by atoms with E-state index < -0.39 is 26.5 Å². The molecular weight excluding hydrogens is 502 g/mol. The topological polar surface area (TPSA) is 104 Å². The van der Waals surface area contributed by atoms with Gasteiger partial charge in [0.2, 0.25) is 11.8 Å². The summed E-state index contributed by atoms with van der Waals surface area (Å²) >= 11 is 10.2. The molecule has 0 spiro atoms. The summed E-state index contributed by atoms with van der Waals surface area (Å²) in [5, 5.41) is 7.62. The fourth-order valence-electron chi connectivity index (χ4n) is 2.61. The van der Waals surface area contributed by atoms with Gasteiger partial charge in [-0.05, 0) is 48.5 Å². The standard InChI is InChI=1S/C18H17BrClN3O4S2/c19-11-1-7-14(8-2-11)29(26,27)15-9-21-18(23-17(15)25)28-10-16(24)22-13-5-3-12(20)4-6-13/h1-8,15,18,21H,9-10H2,(H,22,24)(H,23,25). The molecule has 2 aromatic carbocycles. The van der Waals surface area contributed by atoms with Gasteiger partial charge in [0.05, 0.1) is 10.6 Å². The maximum Gasteiger partial charge on any atom is 0.241 e. The van der Waals surface area contributed by atoms with Crippen LogP contribution in [0.15, 0.2) is 57.9 Å². The minimum Gasteiger partial charge on any atom is -0.331 e. The number of hydrogen-bond acceptors (Lipinski definition) is 6. The average molecular weight is 519 g/mol. The van der Waals surface area contributed by atoms with Crippen molar-refractivity contribution in [3.8, 4) is 0 Å². The Balaban J connectivity index is 1.53. The van der Waals surface area contributed by atoms with Crippen LogP contribution in [0.1, 0.15) is 0 Å². The molecule has 2 unspecified atom stereocenters. The van der Waals surface area contributed by atoms with E-state index in [1.54, 1.807) is 36.4 Å². The predicted octanol–water partition coefficient (Wildman–Crippen LogP) is 2.62. The van der Waals surface area contributed by atoms with E-state index in [1.165, 1.54) is 12.1 Å². The van der Waals surface area contributed by atoms with Crippen LogP contribution in [0.2, 0.25) is 5.02 Å². The van der Waals surface area contributed by atoms with Gasteiger partial charge in [-0.15, -0.1) is 11.8 Å². The zero-order valence-electron chi connectivity index (χ0n) is 14.9. The summed E-state index contributed by atoms with van der Waals surface area (Å²) in [6, 6.07) is 12.8. The van der Waals surface area contributed by atoms with E-state index in [0.717, 1.165) is 16.2 Å². The van der Waals surface area contributed by atoms with Gasteiger partial charge < -0.3 is 10.6 Å². The minimum atomic E-state index is -3.82. The third-order valence-corrected chi connectivity index (χ3v) is 7.97. The number of halogens is 2. The molecule has 3 N–H and O–H groups in total. The molecule has 1 saturated heterocycles. The first-order chi connectivity index (χ1) is 13.8. The highest BCUT2D eigenvalue weighted by Crippen LogP contribution is 2.22. The smallest absolute Gasteiger partial charge is 0.241 e. The summed E-state index contributed by atoms with van der Waals surface area (Å²) in [7, 11) is -3.82. The van der Waals surface area contributed by atoms with E-state index in [0.29, 0.717) is 10.7 Å². The second-order valence-corrected chi connectivity index (χ2v) is 10.7. The lowest BCUT2D eigenvalue weighted by atomic mass is 10.3. The summed E-state index contributed by atoms with van der Waals surface area (Å²) in [5.41, 5.74) is 0.0520. The number of rotatable bonds is 6. The lowest BCUT2D eigenvalue weighted by Gasteiger charge is -2.29. The van der Waals surface area contributed by atoms with E-state index >= 15 is 0 Å². The minimum absolute atomic E-state index is 0.0410. The van der Waals surface area contributed by atoms with Crippen molar-refractivity contribution in [2.24, 2.45) is 0 Å². The molecule has 0 aromatic heterocycles. The summed E-state index contributed by atoms with van der Waals surface area (Å²) in [6.07, 6.45) is 0. The molecule has 0 aliphatic carbocycles. The van der Waals surface area contributed by atoms with Gasteiger partial charge in [0, 0.05) is 21.7 Å². The van der Waals surface area contributed by atoms with Crippen LogP contribution in [0.25, 0.3) is 0 Å². The average Bonchev–Trinajstić information content (AvgIpc) is 2.68. The third-order valence-electron chi connectivity index (χ3n) is 4.08. The largest absolute Gasteiger partial charge is 0.331 e. The first kappa shape index (κ1) is 22.1. The van der Waals surface area contributed by atoms with Gasteiger partial charge in [0.15, 0.2) is 15.1 Å². The molecule has 0 radical (unpaired) electrons. The van der Waals surface area contributed by atoms with Crippen LogP contribution in [0.5, 0.6) is 0 Å². The van der Waals surface area contributed by atoms with E-state index in [4.69, 9.17) is 11.6 Å². The highest BCUT2D eigenvalue weighted by atomic mass is 79.9. The number of amides is 2. The van der Waals surface area contributed by atoms with Crippen molar-refractivity contribution in [3.05, 3.63) is 58.0 Å². The Bertz CT molecular complexity index is 1000. The van der Waals surface area contributed by atoms with Crippen LogP contribution in [0.4, 0.5) is 5.69 Å². The monoisotopic (exact) mass is 517 g/mol. The van der Waals surface area contributed by atoms with E-state index in [1.807, 2.05) is 0 Å². The Kier molecular flexibility index (Phi) is 7.23. The maximum atomic E-state index is 12.7. The van der Waals surface area contributed by atoms with Crippen molar-refractivity contribution in [2.75, 3.05) is 17.6 Å². The van der Waals surface area contributed by atoms with Gasteiger partial charge >= 0.3 is 0 Å². The number of sulfone groups is 1. The lowest BCUT2D eigenvalue weighted by molar-refractivity contribution is -0.122. The fraction of sp³-hybridized carbons (Fsp3) is 0.222. The van der Waals surface area contributed by atoms with E-state index in [9.17, 15) is 18.0 Å². The van der Waals surface area contributed by atoms with Gasteiger partial charge in [-0.1, -0.05) is 27.5 Å². The first-order valence-electron chi connectivity index (χ1n) is 8.46. The molecule has 154 valence electrons. The van der Waals surface area contributed by atoms with Gasteiger partial charge in [0.1, 0.15) is 5.50 Å². The molecule has 1 heterocycles. The van der Waals surface area contributed by atoms with Crippen molar-refractivity contribution < 1.29 is 18.0 Å². The second-order valence-electron chi connectivity index (χ2n) is 6.15. The molecule has 1 aliphatic heterocycles. The lowest BCUT2D eigenvalue weighted by Crippen LogP contribution is -2.59. The van der Waals surface area contributed by atoms with Crippen molar-refractivity contribution in [3.63, 3.8) is 0 Å². The highest BCUT2D eigenvalue weighted by Gasteiger charge is 2.38. The number of carbonyl (C=O) groups is 2. The third kappa shape index (κ3) is 5.73. The van der Waals surface area contributed by atoms with Crippen LogP contribution in [-0.2, 0) is 19.4 Å². The molecule has 2 atom stereocenters. The summed E-state index contributed by atoms with van der Waals surface area (Å²) in [6.45, 7) is -0.0410. The molecule has 0 bridgehead atoms. The Morgan fingerprint density at radius 3 is 2.45 bits per heavy atom. The molecule has 1 fully saturated rings.